The largest absolute Gasteiger partial charge is 0.254 e. The van der Waals surface area contributed by atoms with E-state index in [1.54, 1.807) is 0 Å². The zero-order chi connectivity index (χ0) is 12.3. The van der Waals surface area contributed by atoms with Crippen LogP contribution in [0.15, 0.2) is 16.5 Å². The summed E-state index contributed by atoms with van der Waals surface area (Å²) in [5.41, 5.74) is 0.868. The molecule has 2 aromatic rings. The molecule has 0 saturated heterocycles. The quantitative estimate of drug-likeness (QED) is 0.865. The van der Waals surface area contributed by atoms with E-state index in [9.17, 15) is 0 Å². The number of nitrogens with zero attached hydrogens (tertiary/aromatic N) is 4. The minimum Gasteiger partial charge on any atom is -0.254 e. The van der Waals surface area contributed by atoms with Crippen molar-refractivity contribution in [2.75, 3.05) is 0 Å². The lowest BCUT2D eigenvalue weighted by atomic mass is 10.3. The Kier molecular flexibility index (Phi) is 3.96. The predicted octanol–water partition coefficient (Wildman–Crippen LogP) is 2.66. The van der Waals surface area contributed by atoms with Crippen LogP contribution in [0.4, 0.5) is 0 Å². The number of H-pyrrole nitrogens is 1. The SMILES string of the molecule is CCCc1nc(Cl)c(C)c(Sc2ncn[nH]2)n1. The fourth-order valence-electron chi connectivity index (χ4n) is 1.28. The number of aromatic nitrogens is 5. The van der Waals surface area contributed by atoms with Gasteiger partial charge in [-0.25, -0.2) is 15.0 Å². The molecule has 17 heavy (non-hydrogen) atoms. The van der Waals surface area contributed by atoms with Gasteiger partial charge in [-0.3, -0.25) is 5.10 Å². The predicted molar refractivity (Wildman–Crippen MR) is 66.3 cm³/mol. The summed E-state index contributed by atoms with van der Waals surface area (Å²) >= 11 is 7.49. The second-order valence-corrected chi connectivity index (χ2v) is 4.84. The van der Waals surface area contributed by atoms with Crippen molar-refractivity contribution in [2.45, 2.75) is 36.9 Å². The molecule has 2 rings (SSSR count). The number of aryl methyl sites for hydroxylation is 1. The third-order valence-corrected chi connectivity index (χ3v) is 3.50. The number of rotatable bonds is 4. The molecule has 0 saturated carbocycles. The van der Waals surface area contributed by atoms with E-state index in [2.05, 4.69) is 32.1 Å². The summed E-state index contributed by atoms with van der Waals surface area (Å²) in [7, 11) is 0. The van der Waals surface area contributed by atoms with Gasteiger partial charge in [-0.15, -0.1) is 0 Å². The second kappa shape index (κ2) is 5.46. The topological polar surface area (TPSA) is 67.3 Å². The van der Waals surface area contributed by atoms with Crippen LogP contribution in [0.3, 0.4) is 0 Å². The van der Waals surface area contributed by atoms with E-state index in [0.717, 1.165) is 29.3 Å². The molecule has 0 amide bonds. The van der Waals surface area contributed by atoms with Gasteiger partial charge in [0.2, 0.25) is 0 Å². The number of nitrogens with one attached hydrogen (secondary N) is 1. The highest BCUT2D eigenvalue weighted by Crippen LogP contribution is 2.28. The Morgan fingerprint density at radius 2 is 2.24 bits per heavy atom. The Morgan fingerprint density at radius 3 is 2.88 bits per heavy atom. The summed E-state index contributed by atoms with van der Waals surface area (Å²) in [5.74, 6) is 0.769. The van der Waals surface area contributed by atoms with Crippen LogP contribution in [0.1, 0.15) is 24.7 Å². The van der Waals surface area contributed by atoms with Crippen LogP contribution < -0.4 is 0 Å². The molecule has 5 nitrogen and oxygen atoms in total. The standard InChI is InChI=1S/C10H12ClN5S/c1-3-4-7-14-8(11)6(2)9(15-7)17-10-12-5-13-16-10/h5H,3-4H2,1-2H3,(H,12,13,16). The highest BCUT2D eigenvalue weighted by molar-refractivity contribution is 7.99. The number of hydrogen-bond donors (Lipinski definition) is 1. The summed E-state index contributed by atoms with van der Waals surface area (Å²) < 4.78 is 0. The lowest BCUT2D eigenvalue weighted by Crippen LogP contribution is -1.99. The van der Waals surface area contributed by atoms with Crippen LogP contribution >= 0.6 is 23.4 Å². The van der Waals surface area contributed by atoms with Gasteiger partial charge in [0, 0.05) is 12.0 Å². The first-order valence-corrected chi connectivity index (χ1v) is 6.46. The van der Waals surface area contributed by atoms with Crippen molar-refractivity contribution in [3.63, 3.8) is 0 Å². The summed E-state index contributed by atoms with van der Waals surface area (Å²) in [6.07, 6.45) is 3.28. The monoisotopic (exact) mass is 269 g/mol. The van der Waals surface area contributed by atoms with Crippen molar-refractivity contribution in [3.8, 4) is 0 Å². The molecule has 0 radical (unpaired) electrons. The van der Waals surface area contributed by atoms with Crippen LogP contribution in [-0.4, -0.2) is 25.1 Å². The maximum Gasteiger partial charge on any atom is 0.189 e. The minimum absolute atomic E-state index is 0.505. The summed E-state index contributed by atoms with van der Waals surface area (Å²) in [6, 6.07) is 0. The van der Waals surface area contributed by atoms with E-state index < -0.39 is 0 Å². The Balaban J connectivity index is 2.31. The van der Waals surface area contributed by atoms with Crippen LogP contribution in [0.25, 0.3) is 0 Å². The summed E-state index contributed by atoms with van der Waals surface area (Å²) in [6.45, 7) is 3.98. The molecule has 7 heteroatoms. The zero-order valence-electron chi connectivity index (χ0n) is 9.57. The van der Waals surface area contributed by atoms with Gasteiger partial charge < -0.3 is 0 Å². The number of halogens is 1. The minimum atomic E-state index is 0.505. The zero-order valence-corrected chi connectivity index (χ0v) is 11.1. The van der Waals surface area contributed by atoms with Crippen LogP contribution in [0.2, 0.25) is 5.15 Å². The molecule has 0 aliphatic rings. The maximum atomic E-state index is 6.08. The molecule has 0 bridgehead atoms. The van der Waals surface area contributed by atoms with E-state index in [0.29, 0.717) is 10.3 Å². The molecule has 2 aromatic heterocycles. The van der Waals surface area contributed by atoms with Crippen molar-refractivity contribution in [1.29, 1.82) is 0 Å². The smallest absolute Gasteiger partial charge is 0.189 e. The number of hydrogen-bond acceptors (Lipinski definition) is 5. The van der Waals surface area contributed by atoms with Gasteiger partial charge in [0.15, 0.2) is 5.16 Å². The van der Waals surface area contributed by atoms with Gasteiger partial charge in [0.25, 0.3) is 0 Å². The Labute approximate surface area is 108 Å². The lowest BCUT2D eigenvalue weighted by molar-refractivity contribution is 0.800. The fraction of sp³-hybridized carbons (Fsp3) is 0.400. The lowest BCUT2D eigenvalue weighted by Gasteiger charge is -2.06. The van der Waals surface area contributed by atoms with Crippen molar-refractivity contribution in [1.82, 2.24) is 25.1 Å². The normalized spacial score (nSPS) is 10.8. The van der Waals surface area contributed by atoms with E-state index in [-0.39, 0.29) is 0 Å². The van der Waals surface area contributed by atoms with Crippen molar-refractivity contribution >= 4 is 23.4 Å². The van der Waals surface area contributed by atoms with Gasteiger partial charge in [-0.05, 0) is 25.1 Å². The molecule has 0 aliphatic heterocycles. The molecule has 1 N–H and O–H groups in total. The number of aromatic amines is 1. The average molecular weight is 270 g/mol. The third kappa shape index (κ3) is 2.95. The van der Waals surface area contributed by atoms with Gasteiger partial charge in [-0.1, -0.05) is 18.5 Å². The van der Waals surface area contributed by atoms with Gasteiger partial charge in [0.1, 0.15) is 22.3 Å². The first kappa shape index (κ1) is 12.3. The highest BCUT2D eigenvalue weighted by Gasteiger charge is 2.11. The van der Waals surface area contributed by atoms with Gasteiger partial charge >= 0.3 is 0 Å². The average Bonchev–Trinajstić information content (AvgIpc) is 2.78. The second-order valence-electron chi connectivity index (χ2n) is 3.50. The summed E-state index contributed by atoms with van der Waals surface area (Å²) in [4.78, 5) is 12.8. The molecule has 0 spiro atoms. The van der Waals surface area contributed by atoms with Crippen molar-refractivity contribution < 1.29 is 0 Å². The van der Waals surface area contributed by atoms with Crippen LogP contribution in [0.5, 0.6) is 0 Å². The van der Waals surface area contributed by atoms with E-state index in [1.165, 1.54) is 18.1 Å². The van der Waals surface area contributed by atoms with E-state index in [4.69, 9.17) is 11.6 Å². The summed E-state index contributed by atoms with van der Waals surface area (Å²) in [5, 5.41) is 8.61. The highest BCUT2D eigenvalue weighted by atomic mass is 35.5. The third-order valence-electron chi connectivity index (χ3n) is 2.15. The molecular weight excluding hydrogens is 258 g/mol. The fourth-order valence-corrected chi connectivity index (χ4v) is 2.31. The molecule has 0 aromatic carbocycles. The molecule has 0 aliphatic carbocycles. The molecule has 0 unspecified atom stereocenters. The molecular formula is C10H12ClN5S. The van der Waals surface area contributed by atoms with Crippen molar-refractivity contribution in [3.05, 3.63) is 22.9 Å². The molecule has 90 valence electrons. The first-order valence-electron chi connectivity index (χ1n) is 5.27. The Bertz CT molecular complexity index is 500. The molecule has 0 atom stereocenters. The van der Waals surface area contributed by atoms with Crippen LogP contribution in [-0.2, 0) is 6.42 Å². The van der Waals surface area contributed by atoms with Crippen LogP contribution in [0, 0.1) is 6.92 Å². The van der Waals surface area contributed by atoms with Crippen molar-refractivity contribution in [2.24, 2.45) is 0 Å². The van der Waals surface area contributed by atoms with Gasteiger partial charge in [0.05, 0.1) is 0 Å². The maximum absolute atomic E-state index is 6.08. The molecule has 0 fully saturated rings. The van der Waals surface area contributed by atoms with Gasteiger partial charge in [-0.2, -0.15) is 5.10 Å². The first-order chi connectivity index (χ1) is 8.20. The van der Waals surface area contributed by atoms with E-state index >= 15 is 0 Å². The van der Waals surface area contributed by atoms with E-state index in [1.807, 2.05) is 6.92 Å². The Morgan fingerprint density at radius 1 is 1.41 bits per heavy atom. The molecule has 2 heterocycles. The Hall–Kier alpha value is -1.14.